The van der Waals surface area contributed by atoms with Crippen molar-refractivity contribution in [1.29, 1.82) is 0 Å². The van der Waals surface area contributed by atoms with Gasteiger partial charge in [0.05, 0.1) is 31.3 Å². The average Bonchev–Trinajstić information content (AvgIpc) is 2.86. The third-order valence-corrected chi connectivity index (χ3v) is 7.55. The van der Waals surface area contributed by atoms with Gasteiger partial charge < -0.3 is 20.3 Å². The number of hydrogen-bond acceptors (Lipinski definition) is 5. The molecule has 0 spiro atoms. The van der Waals surface area contributed by atoms with Crippen molar-refractivity contribution < 1.29 is 19.4 Å². The largest absolute Gasteiger partial charge is 0.494 e. The second-order valence-corrected chi connectivity index (χ2v) is 10.7. The highest BCUT2D eigenvalue weighted by atomic mass is 35.5. The Morgan fingerprint density at radius 3 is 2.70 bits per heavy atom. The Hall–Kier alpha value is -2.25. The summed E-state index contributed by atoms with van der Waals surface area (Å²) in [6.07, 6.45) is 8.48. The molecule has 5 nitrogen and oxygen atoms in total. The van der Waals surface area contributed by atoms with Gasteiger partial charge in [0.15, 0.2) is 0 Å². The van der Waals surface area contributed by atoms with E-state index < -0.39 is 6.10 Å². The number of rotatable bonds is 13. The van der Waals surface area contributed by atoms with Crippen LogP contribution >= 0.6 is 23.4 Å². The number of carbonyl (C=O) groups is 1. The van der Waals surface area contributed by atoms with Crippen molar-refractivity contribution in [2.45, 2.75) is 64.3 Å². The second-order valence-electron chi connectivity index (χ2n) is 9.25. The van der Waals surface area contributed by atoms with Gasteiger partial charge in [-0.05, 0) is 60.2 Å². The molecule has 3 unspecified atom stereocenters. The monoisotopic (exact) mass is 543 g/mol. The van der Waals surface area contributed by atoms with Crippen LogP contribution < -0.4 is 10.5 Å². The summed E-state index contributed by atoms with van der Waals surface area (Å²) in [5.74, 6) is 2.12. The van der Waals surface area contributed by atoms with Crippen LogP contribution in [0.5, 0.6) is 5.75 Å². The van der Waals surface area contributed by atoms with Gasteiger partial charge in [-0.2, -0.15) is 11.8 Å². The van der Waals surface area contributed by atoms with E-state index in [9.17, 15) is 9.90 Å². The summed E-state index contributed by atoms with van der Waals surface area (Å²) in [7, 11) is 0. The number of thioether (sulfide) groups is 1. The lowest BCUT2D eigenvalue weighted by atomic mass is 9.94. The van der Waals surface area contributed by atoms with Crippen molar-refractivity contribution in [3.05, 3.63) is 88.0 Å². The molecule has 1 fully saturated rings. The lowest BCUT2D eigenvalue weighted by Crippen LogP contribution is -2.33. The summed E-state index contributed by atoms with van der Waals surface area (Å²) in [4.78, 5) is 11.2. The van der Waals surface area contributed by atoms with Crippen LogP contribution in [0.1, 0.15) is 62.3 Å². The lowest BCUT2D eigenvalue weighted by Gasteiger charge is -2.33. The van der Waals surface area contributed by atoms with Crippen molar-refractivity contribution in [3.63, 3.8) is 0 Å². The number of halogens is 1. The van der Waals surface area contributed by atoms with Crippen molar-refractivity contribution in [1.82, 2.24) is 0 Å². The molecular formula is C30H38ClNO4S. The normalized spacial score (nSPS) is 20.3. The standard InChI is InChI=1S/C30H38ClNO4S/c1-3-6-21(16-30(32)34)7-5-14-37-20-27-18-25(33)19-29(36-27)23-10-13-28(31)24(17-23)15-22-8-11-26(12-9-22)35-4-2/h5-13,17,25,27,29,33H,3-4,14-16,18-20H2,1-2H3,(H2,32,34)/b7-5-,21-6+. The third-order valence-electron chi connectivity index (χ3n) is 6.14. The summed E-state index contributed by atoms with van der Waals surface area (Å²) in [5.41, 5.74) is 9.51. The molecule has 3 N–H and O–H groups in total. The number of allylic oxidation sites excluding steroid dienone is 2. The summed E-state index contributed by atoms with van der Waals surface area (Å²) >= 11 is 8.29. The van der Waals surface area contributed by atoms with E-state index in [1.54, 1.807) is 11.8 Å². The first-order valence-corrected chi connectivity index (χ1v) is 14.5. The molecule has 0 aliphatic carbocycles. The fraction of sp³-hybridized carbons (Fsp3) is 0.433. The van der Waals surface area contributed by atoms with E-state index in [1.807, 2.05) is 50.3 Å². The van der Waals surface area contributed by atoms with Crippen LogP contribution in [0.15, 0.2) is 66.3 Å². The molecule has 1 amide bonds. The van der Waals surface area contributed by atoms with Gasteiger partial charge in [-0.3, -0.25) is 4.79 Å². The molecule has 7 heteroatoms. The minimum atomic E-state index is -0.403. The van der Waals surface area contributed by atoms with E-state index in [0.717, 1.165) is 51.0 Å². The third kappa shape index (κ3) is 9.86. The average molecular weight is 544 g/mol. The van der Waals surface area contributed by atoms with Gasteiger partial charge in [-0.25, -0.2) is 0 Å². The van der Waals surface area contributed by atoms with Crippen LogP contribution in [0.4, 0.5) is 0 Å². The fourth-order valence-corrected chi connectivity index (χ4v) is 5.49. The number of primary amides is 1. The Labute approximate surface area is 230 Å². The molecule has 2 aromatic carbocycles. The molecule has 2 aromatic rings. The zero-order valence-corrected chi connectivity index (χ0v) is 23.3. The van der Waals surface area contributed by atoms with E-state index in [0.29, 0.717) is 25.9 Å². The number of hydrogen-bond donors (Lipinski definition) is 2. The Kier molecular flexibility index (Phi) is 12.1. The smallest absolute Gasteiger partial charge is 0.221 e. The van der Waals surface area contributed by atoms with Crippen LogP contribution in [0.2, 0.25) is 5.02 Å². The second kappa shape index (κ2) is 15.2. The predicted molar refractivity (Wildman–Crippen MR) is 153 cm³/mol. The molecule has 0 bridgehead atoms. The summed E-state index contributed by atoms with van der Waals surface area (Å²) in [6.45, 7) is 4.65. The van der Waals surface area contributed by atoms with Crippen molar-refractivity contribution in [2.75, 3.05) is 18.1 Å². The van der Waals surface area contributed by atoms with Gasteiger partial charge in [0, 0.05) is 29.4 Å². The van der Waals surface area contributed by atoms with Crippen molar-refractivity contribution in [2.24, 2.45) is 5.73 Å². The Morgan fingerprint density at radius 2 is 2.00 bits per heavy atom. The van der Waals surface area contributed by atoms with Crippen LogP contribution in [0, 0.1) is 0 Å². The van der Waals surface area contributed by atoms with Crippen LogP contribution in [-0.2, 0) is 16.0 Å². The number of aliphatic hydroxyl groups is 1. The van der Waals surface area contributed by atoms with Crippen LogP contribution in [0.3, 0.4) is 0 Å². The highest BCUT2D eigenvalue weighted by molar-refractivity contribution is 7.99. The number of amides is 1. The fourth-order valence-electron chi connectivity index (χ4n) is 4.46. The van der Waals surface area contributed by atoms with E-state index in [4.69, 9.17) is 26.8 Å². The highest BCUT2D eigenvalue weighted by Gasteiger charge is 2.29. The molecule has 1 aliphatic rings. The maximum atomic E-state index is 11.2. The molecule has 0 aromatic heterocycles. The molecule has 200 valence electrons. The number of benzene rings is 2. The summed E-state index contributed by atoms with van der Waals surface area (Å²) in [5, 5.41) is 11.3. The van der Waals surface area contributed by atoms with E-state index in [1.165, 1.54) is 0 Å². The number of nitrogens with two attached hydrogens (primary N) is 1. The van der Waals surface area contributed by atoms with Gasteiger partial charge in [-0.1, -0.05) is 61.0 Å². The summed E-state index contributed by atoms with van der Waals surface area (Å²) < 4.78 is 12.0. The molecule has 3 rings (SSSR count). The Balaban J connectivity index is 1.58. The summed E-state index contributed by atoms with van der Waals surface area (Å²) in [6, 6.07) is 14.1. The molecule has 37 heavy (non-hydrogen) atoms. The van der Waals surface area contributed by atoms with E-state index in [2.05, 4.69) is 24.3 Å². The van der Waals surface area contributed by atoms with Gasteiger partial charge in [0.2, 0.25) is 5.91 Å². The number of carbonyl (C=O) groups excluding carboxylic acids is 1. The minimum Gasteiger partial charge on any atom is -0.494 e. The predicted octanol–water partition coefficient (Wildman–Crippen LogP) is 6.41. The van der Waals surface area contributed by atoms with Gasteiger partial charge >= 0.3 is 0 Å². The molecule has 3 atom stereocenters. The first-order valence-electron chi connectivity index (χ1n) is 12.9. The molecule has 1 saturated heterocycles. The van der Waals surface area contributed by atoms with Gasteiger partial charge in [-0.15, -0.1) is 0 Å². The van der Waals surface area contributed by atoms with Crippen LogP contribution in [0.25, 0.3) is 0 Å². The lowest BCUT2D eigenvalue weighted by molar-refractivity contribution is -0.117. The first kappa shape index (κ1) is 29.3. The molecular weight excluding hydrogens is 506 g/mol. The maximum Gasteiger partial charge on any atom is 0.221 e. The molecule has 1 aliphatic heterocycles. The van der Waals surface area contributed by atoms with Crippen LogP contribution in [-0.4, -0.2) is 41.3 Å². The molecule has 0 radical (unpaired) electrons. The van der Waals surface area contributed by atoms with Crippen molar-refractivity contribution >= 4 is 29.3 Å². The first-order chi connectivity index (χ1) is 17.9. The zero-order valence-electron chi connectivity index (χ0n) is 21.7. The van der Waals surface area contributed by atoms with Gasteiger partial charge in [0.25, 0.3) is 0 Å². The minimum absolute atomic E-state index is 0.0336. The number of ether oxygens (including phenoxy) is 2. The van der Waals surface area contributed by atoms with E-state index in [-0.39, 0.29) is 24.5 Å². The zero-order chi connectivity index (χ0) is 26.6. The SMILES string of the molecule is CC/C=C(\C=C/CSCC1CC(O)CC(c2ccc(Cl)c(Cc3ccc(OCC)cc3)c2)O1)CC(N)=O. The molecule has 1 heterocycles. The Morgan fingerprint density at radius 1 is 1.22 bits per heavy atom. The van der Waals surface area contributed by atoms with Crippen molar-refractivity contribution in [3.8, 4) is 5.75 Å². The van der Waals surface area contributed by atoms with Gasteiger partial charge in [0.1, 0.15) is 5.75 Å². The molecule has 0 saturated carbocycles. The van der Waals surface area contributed by atoms with E-state index >= 15 is 0 Å². The number of aliphatic hydroxyl groups excluding tert-OH is 1. The Bertz CT molecular complexity index is 1070. The highest BCUT2D eigenvalue weighted by Crippen LogP contribution is 2.35. The maximum absolute atomic E-state index is 11.2. The topological polar surface area (TPSA) is 81.8 Å². The quantitative estimate of drug-likeness (QED) is 0.225.